The molecule has 0 saturated carbocycles. The first kappa shape index (κ1) is 16.4. The normalized spacial score (nSPS) is 13.1. The van der Waals surface area contributed by atoms with E-state index in [9.17, 15) is 4.79 Å². The zero-order valence-electron chi connectivity index (χ0n) is 11.8. The maximum Gasteiger partial charge on any atom is 0.324 e. The van der Waals surface area contributed by atoms with Crippen LogP contribution in [0.1, 0.15) is 13.3 Å². The predicted octanol–water partition coefficient (Wildman–Crippen LogP) is 0.0210. The van der Waals surface area contributed by atoms with Crippen molar-refractivity contribution in [1.82, 2.24) is 15.1 Å². The van der Waals surface area contributed by atoms with Crippen molar-refractivity contribution in [1.29, 1.82) is 0 Å². The molecule has 0 spiro atoms. The summed E-state index contributed by atoms with van der Waals surface area (Å²) in [6, 6.07) is -0.227. The van der Waals surface area contributed by atoms with Crippen molar-refractivity contribution in [3.05, 3.63) is 0 Å². The summed E-state index contributed by atoms with van der Waals surface area (Å²) in [6.07, 6.45) is 1.10. The number of nitrogens with zero attached hydrogens (tertiary/aromatic N) is 2. The summed E-state index contributed by atoms with van der Waals surface area (Å²) in [5, 5.41) is 3.14. The predicted molar refractivity (Wildman–Crippen MR) is 70.1 cm³/mol. The topological polar surface area (TPSA) is 44.8 Å². The molecule has 0 aromatic carbocycles. The third-order valence-electron chi connectivity index (χ3n) is 2.58. The molecule has 0 rings (SSSR count). The molecule has 0 aromatic rings. The Morgan fingerprint density at radius 2 is 1.94 bits per heavy atom. The summed E-state index contributed by atoms with van der Waals surface area (Å²) in [5.41, 5.74) is 0. The highest BCUT2D eigenvalue weighted by Crippen LogP contribution is 1.95. The Bertz CT molecular complexity index is 210. The summed E-state index contributed by atoms with van der Waals surface area (Å²) in [6.45, 7) is 5.49. The monoisotopic (exact) mass is 245 g/mol. The van der Waals surface area contributed by atoms with Gasteiger partial charge in [-0.05, 0) is 47.2 Å². The van der Waals surface area contributed by atoms with Crippen LogP contribution in [0.4, 0.5) is 0 Å². The molecule has 0 aliphatic rings. The molecule has 5 heteroatoms. The molecule has 0 radical (unpaired) electrons. The minimum Gasteiger partial charge on any atom is -0.468 e. The molecular formula is C12H27N3O2. The van der Waals surface area contributed by atoms with Crippen molar-refractivity contribution < 1.29 is 9.53 Å². The van der Waals surface area contributed by atoms with Gasteiger partial charge in [-0.25, -0.2) is 0 Å². The van der Waals surface area contributed by atoms with Crippen molar-refractivity contribution in [2.24, 2.45) is 0 Å². The lowest BCUT2D eigenvalue weighted by atomic mass is 10.2. The zero-order valence-corrected chi connectivity index (χ0v) is 11.8. The lowest BCUT2D eigenvalue weighted by molar-refractivity contribution is -0.143. The third-order valence-corrected chi connectivity index (χ3v) is 2.58. The van der Waals surface area contributed by atoms with Crippen molar-refractivity contribution in [2.75, 3.05) is 54.4 Å². The van der Waals surface area contributed by atoms with E-state index in [-0.39, 0.29) is 12.0 Å². The fraction of sp³-hybridized carbons (Fsp3) is 0.917. The van der Waals surface area contributed by atoms with Gasteiger partial charge in [-0.1, -0.05) is 6.92 Å². The van der Waals surface area contributed by atoms with E-state index in [1.807, 2.05) is 14.0 Å². The van der Waals surface area contributed by atoms with Crippen molar-refractivity contribution in [3.8, 4) is 0 Å². The first-order valence-corrected chi connectivity index (χ1v) is 6.15. The van der Waals surface area contributed by atoms with Gasteiger partial charge in [-0.3, -0.25) is 4.79 Å². The molecular weight excluding hydrogens is 218 g/mol. The molecule has 0 aliphatic heterocycles. The van der Waals surface area contributed by atoms with Crippen LogP contribution in [0.25, 0.3) is 0 Å². The highest BCUT2D eigenvalue weighted by atomic mass is 16.5. The van der Waals surface area contributed by atoms with Crippen LogP contribution in [0.2, 0.25) is 0 Å². The minimum atomic E-state index is -0.227. The Morgan fingerprint density at radius 3 is 2.41 bits per heavy atom. The van der Waals surface area contributed by atoms with E-state index in [1.165, 1.54) is 7.11 Å². The van der Waals surface area contributed by atoms with Crippen molar-refractivity contribution >= 4 is 5.97 Å². The first-order valence-electron chi connectivity index (χ1n) is 6.15. The van der Waals surface area contributed by atoms with E-state index in [0.29, 0.717) is 6.54 Å². The Balaban J connectivity index is 3.94. The van der Waals surface area contributed by atoms with E-state index in [0.717, 1.165) is 26.1 Å². The molecule has 0 bridgehead atoms. The minimum absolute atomic E-state index is 0.189. The second-order valence-electron chi connectivity index (χ2n) is 4.55. The number of esters is 1. The molecule has 1 unspecified atom stereocenters. The number of rotatable bonds is 9. The zero-order chi connectivity index (χ0) is 13.3. The Kier molecular flexibility index (Phi) is 9.03. The molecule has 0 aliphatic carbocycles. The van der Waals surface area contributed by atoms with Gasteiger partial charge in [0.15, 0.2) is 0 Å². The van der Waals surface area contributed by atoms with Gasteiger partial charge in [0.25, 0.3) is 0 Å². The van der Waals surface area contributed by atoms with Crippen LogP contribution in [0.15, 0.2) is 0 Å². The van der Waals surface area contributed by atoms with Crippen LogP contribution in [-0.2, 0) is 9.53 Å². The van der Waals surface area contributed by atoms with Crippen LogP contribution in [0.5, 0.6) is 0 Å². The maximum atomic E-state index is 11.5. The molecule has 0 saturated heterocycles. The first-order chi connectivity index (χ1) is 8.01. The van der Waals surface area contributed by atoms with Gasteiger partial charge in [0, 0.05) is 6.54 Å². The molecule has 0 fully saturated rings. The van der Waals surface area contributed by atoms with Gasteiger partial charge in [-0.2, -0.15) is 0 Å². The van der Waals surface area contributed by atoms with Gasteiger partial charge in [0.1, 0.15) is 6.04 Å². The molecule has 102 valence electrons. The van der Waals surface area contributed by atoms with Crippen LogP contribution >= 0.6 is 0 Å². The van der Waals surface area contributed by atoms with E-state index < -0.39 is 0 Å². The number of likely N-dealkylation sites (N-methyl/N-ethyl adjacent to an activating group) is 2. The Morgan fingerprint density at radius 1 is 1.29 bits per heavy atom. The SMILES string of the molecule is CCNC(CN(C)CCCN(C)C)C(=O)OC. The lowest BCUT2D eigenvalue weighted by Crippen LogP contribution is -2.46. The third kappa shape index (κ3) is 8.12. The second kappa shape index (κ2) is 9.39. The Labute approximate surface area is 105 Å². The highest BCUT2D eigenvalue weighted by molar-refractivity contribution is 5.75. The molecule has 0 aromatic heterocycles. The van der Waals surface area contributed by atoms with E-state index in [2.05, 4.69) is 29.2 Å². The fourth-order valence-corrected chi connectivity index (χ4v) is 1.67. The fourth-order valence-electron chi connectivity index (χ4n) is 1.67. The van der Waals surface area contributed by atoms with Crippen LogP contribution < -0.4 is 5.32 Å². The average molecular weight is 245 g/mol. The molecule has 0 amide bonds. The molecule has 17 heavy (non-hydrogen) atoms. The molecule has 1 atom stereocenters. The second-order valence-corrected chi connectivity index (χ2v) is 4.55. The summed E-state index contributed by atoms with van der Waals surface area (Å²) in [4.78, 5) is 15.8. The summed E-state index contributed by atoms with van der Waals surface area (Å²) < 4.78 is 4.77. The smallest absolute Gasteiger partial charge is 0.324 e. The van der Waals surface area contributed by atoms with Gasteiger partial charge in [-0.15, -0.1) is 0 Å². The van der Waals surface area contributed by atoms with Crippen LogP contribution in [-0.4, -0.2) is 76.2 Å². The van der Waals surface area contributed by atoms with E-state index in [4.69, 9.17) is 4.74 Å². The number of carbonyl (C=O) groups excluding carboxylic acids is 1. The van der Waals surface area contributed by atoms with Gasteiger partial charge < -0.3 is 19.9 Å². The number of hydrogen-bond acceptors (Lipinski definition) is 5. The summed E-state index contributed by atoms with van der Waals surface area (Å²) in [7, 11) is 7.59. The number of methoxy groups -OCH3 is 1. The van der Waals surface area contributed by atoms with Crippen LogP contribution in [0, 0.1) is 0 Å². The van der Waals surface area contributed by atoms with Gasteiger partial charge in [0.05, 0.1) is 7.11 Å². The highest BCUT2D eigenvalue weighted by Gasteiger charge is 2.19. The van der Waals surface area contributed by atoms with E-state index in [1.54, 1.807) is 0 Å². The quantitative estimate of drug-likeness (QED) is 0.580. The van der Waals surface area contributed by atoms with Crippen molar-refractivity contribution in [3.63, 3.8) is 0 Å². The number of ether oxygens (including phenoxy) is 1. The Hall–Kier alpha value is -0.650. The standard InChI is InChI=1S/C12H27N3O2/c1-6-13-11(12(16)17-5)10-15(4)9-7-8-14(2)3/h11,13H,6-10H2,1-5H3. The largest absolute Gasteiger partial charge is 0.468 e. The van der Waals surface area contributed by atoms with Gasteiger partial charge in [0.2, 0.25) is 0 Å². The number of carbonyl (C=O) groups is 1. The number of hydrogen-bond donors (Lipinski definition) is 1. The van der Waals surface area contributed by atoms with E-state index >= 15 is 0 Å². The summed E-state index contributed by atoms with van der Waals surface area (Å²) in [5.74, 6) is -0.189. The lowest BCUT2D eigenvalue weighted by Gasteiger charge is -2.23. The number of nitrogens with one attached hydrogen (secondary N) is 1. The van der Waals surface area contributed by atoms with Crippen molar-refractivity contribution in [2.45, 2.75) is 19.4 Å². The molecule has 1 N–H and O–H groups in total. The van der Waals surface area contributed by atoms with Gasteiger partial charge >= 0.3 is 5.97 Å². The molecule has 0 heterocycles. The summed E-state index contributed by atoms with van der Waals surface area (Å²) >= 11 is 0. The average Bonchev–Trinajstić information content (AvgIpc) is 2.27. The van der Waals surface area contributed by atoms with Crippen LogP contribution in [0.3, 0.4) is 0 Å². The maximum absolute atomic E-state index is 11.5. The molecule has 5 nitrogen and oxygen atoms in total.